The van der Waals surface area contributed by atoms with Crippen LogP contribution in [-0.4, -0.2) is 37.1 Å². The Balaban J connectivity index is 2.67. The van der Waals surface area contributed by atoms with E-state index < -0.39 is 11.7 Å². The molecular formula is C11H14BrF3N2O. The number of ether oxygens (including phenoxy) is 1. The molecule has 1 aromatic heterocycles. The molecule has 1 aromatic rings. The average Bonchev–Trinajstić information content (AvgIpc) is 2.28. The van der Waals surface area contributed by atoms with Gasteiger partial charge in [0.2, 0.25) is 0 Å². The number of nitrogens with zero attached hydrogens (tertiary/aromatic N) is 2. The Morgan fingerprint density at radius 3 is 2.56 bits per heavy atom. The van der Waals surface area contributed by atoms with E-state index in [0.717, 1.165) is 12.3 Å². The number of rotatable bonds is 5. The van der Waals surface area contributed by atoms with E-state index in [1.807, 2.05) is 0 Å². The summed E-state index contributed by atoms with van der Waals surface area (Å²) in [5.74, 6) is 0.489. The second-order valence-electron chi connectivity index (χ2n) is 3.84. The van der Waals surface area contributed by atoms with E-state index in [2.05, 4.69) is 20.9 Å². The Morgan fingerprint density at radius 2 is 2.11 bits per heavy atom. The van der Waals surface area contributed by atoms with Gasteiger partial charge in [-0.25, -0.2) is 4.98 Å². The largest absolute Gasteiger partial charge is 0.417 e. The lowest BCUT2D eigenvalue weighted by Crippen LogP contribution is -2.28. The van der Waals surface area contributed by atoms with E-state index in [0.29, 0.717) is 19.0 Å². The molecule has 3 nitrogen and oxygen atoms in total. The highest BCUT2D eigenvalue weighted by molar-refractivity contribution is 9.09. The molecule has 18 heavy (non-hydrogen) atoms. The van der Waals surface area contributed by atoms with Crippen molar-refractivity contribution in [3.63, 3.8) is 0 Å². The molecule has 0 aromatic carbocycles. The minimum atomic E-state index is -4.35. The molecule has 1 rings (SSSR count). The number of aromatic nitrogens is 1. The minimum Gasteiger partial charge on any atom is -0.383 e. The topological polar surface area (TPSA) is 25.4 Å². The summed E-state index contributed by atoms with van der Waals surface area (Å²) in [7, 11) is 3.35. The predicted molar refractivity (Wildman–Crippen MR) is 67.1 cm³/mol. The van der Waals surface area contributed by atoms with Crippen molar-refractivity contribution in [1.82, 2.24) is 4.98 Å². The smallest absolute Gasteiger partial charge is 0.383 e. The zero-order valence-corrected chi connectivity index (χ0v) is 11.6. The van der Waals surface area contributed by atoms with Crippen molar-refractivity contribution < 1.29 is 17.9 Å². The van der Waals surface area contributed by atoms with Crippen molar-refractivity contribution in [2.24, 2.45) is 0 Å². The molecule has 0 aliphatic heterocycles. The Kier molecular flexibility index (Phi) is 5.40. The normalized spacial score (nSPS) is 13.4. The van der Waals surface area contributed by atoms with Crippen LogP contribution in [0.15, 0.2) is 18.3 Å². The van der Waals surface area contributed by atoms with Crippen LogP contribution in [-0.2, 0) is 10.9 Å². The van der Waals surface area contributed by atoms with Crippen molar-refractivity contribution in [2.45, 2.75) is 11.0 Å². The quantitative estimate of drug-likeness (QED) is 0.778. The van der Waals surface area contributed by atoms with E-state index in [-0.39, 0.29) is 4.83 Å². The van der Waals surface area contributed by atoms with E-state index in [9.17, 15) is 13.2 Å². The summed E-state index contributed by atoms with van der Waals surface area (Å²) in [5, 5.41) is 0. The van der Waals surface area contributed by atoms with Crippen LogP contribution in [0.1, 0.15) is 5.56 Å². The second-order valence-corrected chi connectivity index (χ2v) is 5.13. The first-order chi connectivity index (χ1) is 8.34. The number of pyridine rings is 1. The molecule has 1 heterocycles. The molecule has 0 spiro atoms. The van der Waals surface area contributed by atoms with Crippen LogP contribution in [0.5, 0.6) is 0 Å². The summed E-state index contributed by atoms with van der Waals surface area (Å²) < 4.78 is 42.0. The number of hydrogen-bond acceptors (Lipinski definition) is 3. The van der Waals surface area contributed by atoms with Crippen LogP contribution in [0.4, 0.5) is 19.0 Å². The summed E-state index contributed by atoms with van der Waals surface area (Å²) in [6.07, 6.45) is -3.51. The molecule has 0 bridgehead atoms. The first-order valence-electron chi connectivity index (χ1n) is 5.22. The molecule has 0 amide bonds. The van der Waals surface area contributed by atoms with Crippen LogP contribution >= 0.6 is 15.9 Å². The molecule has 0 saturated carbocycles. The van der Waals surface area contributed by atoms with Gasteiger partial charge in [0.15, 0.2) is 0 Å². The van der Waals surface area contributed by atoms with E-state index in [1.165, 1.54) is 6.07 Å². The molecule has 0 radical (unpaired) electrons. The van der Waals surface area contributed by atoms with Crippen molar-refractivity contribution in [3.8, 4) is 0 Å². The molecule has 7 heteroatoms. The van der Waals surface area contributed by atoms with Crippen LogP contribution in [0, 0.1) is 0 Å². The van der Waals surface area contributed by atoms with Crippen LogP contribution in [0.3, 0.4) is 0 Å². The molecular weight excluding hydrogens is 313 g/mol. The fourth-order valence-electron chi connectivity index (χ4n) is 1.40. The maximum atomic E-state index is 12.4. The van der Waals surface area contributed by atoms with Gasteiger partial charge in [-0.1, -0.05) is 15.9 Å². The van der Waals surface area contributed by atoms with E-state index >= 15 is 0 Å². The lowest BCUT2D eigenvalue weighted by molar-refractivity contribution is -0.137. The van der Waals surface area contributed by atoms with Crippen LogP contribution in [0.2, 0.25) is 0 Å². The monoisotopic (exact) mass is 326 g/mol. The number of methoxy groups -OCH3 is 1. The summed E-state index contributed by atoms with van der Waals surface area (Å²) >= 11 is 3.41. The van der Waals surface area contributed by atoms with Crippen LogP contribution < -0.4 is 4.90 Å². The van der Waals surface area contributed by atoms with Gasteiger partial charge in [-0.3, -0.25) is 0 Å². The zero-order valence-electron chi connectivity index (χ0n) is 10.0. The van der Waals surface area contributed by atoms with E-state index in [1.54, 1.807) is 19.1 Å². The van der Waals surface area contributed by atoms with Crippen molar-refractivity contribution in [1.29, 1.82) is 0 Å². The standard InChI is InChI=1S/C11H14BrF3N2O/c1-17(6-9(12)7-18-2)10-4-3-8(5-16-10)11(13,14)15/h3-5,9H,6-7H2,1-2H3. The molecule has 0 saturated heterocycles. The van der Waals surface area contributed by atoms with Gasteiger partial charge in [0.1, 0.15) is 5.82 Å². The number of halogens is 4. The highest BCUT2D eigenvalue weighted by atomic mass is 79.9. The van der Waals surface area contributed by atoms with Gasteiger partial charge in [0, 0.05) is 26.9 Å². The number of hydrogen-bond donors (Lipinski definition) is 0. The zero-order chi connectivity index (χ0) is 13.8. The Bertz CT molecular complexity index is 370. The summed E-state index contributed by atoms with van der Waals surface area (Å²) in [6, 6.07) is 2.38. The van der Waals surface area contributed by atoms with Gasteiger partial charge in [0.05, 0.1) is 17.0 Å². The first-order valence-corrected chi connectivity index (χ1v) is 6.13. The number of alkyl halides is 4. The molecule has 0 fully saturated rings. The lowest BCUT2D eigenvalue weighted by Gasteiger charge is -2.21. The maximum absolute atomic E-state index is 12.4. The lowest BCUT2D eigenvalue weighted by atomic mass is 10.2. The van der Waals surface area contributed by atoms with Gasteiger partial charge in [-0.15, -0.1) is 0 Å². The van der Waals surface area contributed by atoms with Gasteiger partial charge in [-0.2, -0.15) is 13.2 Å². The Morgan fingerprint density at radius 1 is 1.44 bits per heavy atom. The summed E-state index contributed by atoms with van der Waals surface area (Å²) in [4.78, 5) is 5.66. The minimum absolute atomic E-state index is 0.0941. The van der Waals surface area contributed by atoms with Crippen molar-refractivity contribution in [3.05, 3.63) is 23.9 Å². The van der Waals surface area contributed by atoms with Crippen molar-refractivity contribution in [2.75, 3.05) is 32.2 Å². The fraction of sp³-hybridized carbons (Fsp3) is 0.545. The molecule has 1 atom stereocenters. The Hall–Kier alpha value is -0.820. The highest BCUT2D eigenvalue weighted by Gasteiger charge is 2.30. The van der Waals surface area contributed by atoms with Gasteiger partial charge in [-0.05, 0) is 12.1 Å². The van der Waals surface area contributed by atoms with E-state index in [4.69, 9.17) is 4.74 Å². The molecule has 0 aliphatic carbocycles. The second kappa shape index (κ2) is 6.38. The third-order valence-electron chi connectivity index (χ3n) is 2.29. The Labute approximate surface area is 112 Å². The third-order valence-corrected chi connectivity index (χ3v) is 2.84. The molecule has 0 aliphatic rings. The van der Waals surface area contributed by atoms with Crippen LogP contribution in [0.25, 0.3) is 0 Å². The third kappa shape index (κ3) is 4.45. The first kappa shape index (κ1) is 15.2. The summed E-state index contributed by atoms with van der Waals surface area (Å²) in [6.45, 7) is 1.11. The van der Waals surface area contributed by atoms with Gasteiger partial charge >= 0.3 is 6.18 Å². The predicted octanol–water partition coefficient (Wildman–Crippen LogP) is 2.95. The van der Waals surface area contributed by atoms with Crippen molar-refractivity contribution >= 4 is 21.7 Å². The molecule has 0 N–H and O–H groups in total. The molecule has 102 valence electrons. The fourth-order valence-corrected chi connectivity index (χ4v) is 2.10. The number of anilines is 1. The molecule has 1 unspecified atom stereocenters. The van der Waals surface area contributed by atoms with Gasteiger partial charge < -0.3 is 9.64 Å². The average molecular weight is 327 g/mol. The summed E-state index contributed by atoms with van der Waals surface area (Å²) in [5.41, 5.74) is -0.744. The van der Waals surface area contributed by atoms with Gasteiger partial charge in [0.25, 0.3) is 0 Å². The highest BCUT2D eigenvalue weighted by Crippen LogP contribution is 2.29. The maximum Gasteiger partial charge on any atom is 0.417 e. The SMILES string of the molecule is COCC(Br)CN(C)c1ccc(C(F)(F)F)cn1.